The molecule has 3 heterocycles. The van der Waals surface area contributed by atoms with E-state index in [2.05, 4.69) is 31.7 Å². The molecular weight excluding hydrogens is 421 g/mol. The van der Waals surface area contributed by atoms with E-state index in [1.54, 1.807) is 42.7 Å². The fourth-order valence-corrected chi connectivity index (χ4v) is 4.12. The van der Waals surface area contributed by atoms with Gasteiger partial charge in [-0.05, 0) is 48.9 Å². The minimum Gasteiger partial charge on any atom is -0.457 e. The highest BCUT2D eigenvalue weighted by Crippen LogP contribution is 2.27. The Labute approximate surface area is 190 Å². The molecule has 5 rings (SSSR count). The van der Waals surface area contributed by atoms with Crippen molar-refractivity contribution in [2.45, 2.75) is 6.92 Å². The number of Topliss-reactive ketones (excluding diaryl/α,β-unsaturated/α-hetero) is 1. The maximum Gasteiger partial charge on any atom is 0.176 e. The van der Waals surface area contributed by atoms with Gasteiger partial charge in [0.1, 0.15) is 35.1 Å². The minimum atomic E-state index is -0.321. The van der Waals surface area contributed by atoms with Crippen LogP contribution < -0.4 is 9.64 Å². The van der Waals surface area contributed by atoms with Gasteiger partial charge in [-0.25, -0.2) is 14.4 Å². The summed E-state index contributed by atoms with van der Waals surface area (Å²) in [6.45, 7) is 5.51. The zero-order valence-electron chi connectivity index (χ0n) is 18.3. The van der Waals surface area contributed by atoms with Crippen LogP contribution in [0.5, 0.6) is 11.5 Å². The number of anilines is 1. The first-order valence-electron chi connectivity index (χ1n) is 10.9. The highest BCUT2D eigenvalue weighted by molar-refractivity contribution is 5.98. The van der Waals surface area contributed by atoms with Crippen molar-refractivity contribution in [3.63, 3.8) is 0 Å². The summed E-state index contributed by atoms with van der Waals surface area (Å²) in [7, 11) is 0. The zero-order chi connectivity index (χ0) is 22.8. The number of ketones is 1. The largest absolute Gasteiger partial charge is 0.457 e. The monoisotopic (exact) mass is 445 g/mol. The molecule has 0 bridgehead atoms. The van der Waals surface area contributed by atoms with Gasteiger partial charge < -0.3 is 14.6 Å². The fraction of sp³-hybridized carbons (Fsp3) is 0.240. The van der Waals surface area contributed by atoms with E-state index in [1.807, 2.05) is 6.20 Å². The molecule has 0 amide bonds. The number of benzene rings is 2. The van der Waals surface area contributed by atoms with Gasteiger partial charge in [-0.3, -0.25) is 9.69 Å². The molecule has 0 aliphatic carbocycles. The van der Waals surface area contributed by atoms with Crippen molar-refractivity contribution < 1.29 is 13.9 Å². The number of ether oxygens (including phenoxy) is 1. The Hall–Kier alpha value is -3.78. The molecule has 2 aromatic heterocycles. The Balaban J connectivity index is 1.21. The number of hydrogen-bond acceptors (Lipinski definition) is 6. The standard InChI is InChI=1S/C25H24FN5O2/c1-17-14-27-24-23(17)25(29-16-28-24)31-11-9-30(10-12-31)15-22(32)18-3-2-4-21(13-18)33-20-7-5-19(26)6-8-20/h2-8,13-14,16H,9-12,15H2,1H3,(H,27,28,29). The average Bonchev–Trinajstić information content (AvgIpc) is 3.22. The van der Waals surface area contributed by atoms with Crippen molar-refractivity contribution in [3.8, 4) is 11.5 Å². The number of hydrogen-bond donors (Lipinski definition) is 1. The summed E-state index contributed by atoms with van der Waals surface area (Å²) in [5.41, 5.74) is 2.57. The number of nitrogens with zero attached hydrogens (tertiary/aromatic N) is 4. The number of carbonyl (C=O) groups is 1. The molecule has 1 saturated heterocycles. The van der Waals surface area contributed by atoms with Crippen LogP contribution in [-0.2, 0) is 0 Å². The van der Waals surface area contributed by atoms with Crippen LogP contribution in [-0.4, -0.2) is 58.4 Å². The molecule has 0 saturated carbocycles. The lowest BCUT2D eigenvalue weighted by molar-refractivity contribution is 0.0926. The summed E-state index contributed by atoms with van der Waals surface area (Å²) in [5.74, 6) is 1.73. The van der Waals surface area contributed by atoms with E-state index < -0.39 is 0 Å². The number of piperazine rings is 1. The number of aryl methyl sites for hydroxylation is 1. The smallest absolute Gasteiger partial charge is 0.176 e. The number of nitrogens with one attached hydrogen (secondary N) is 1. The van der Waals surface area contributed by atoms with Gasteiger partial charge in [0.15, 0.2) is 5.78 Å². The molecule has 33 heavy (non-hydrogen) atoms. The molecule has 0 unspecified atom stereocenters. The molecule has 7 nitrogen and oxygen atoms in total. The summed E-state index contributed by atoms with van der Waals surface area (Å²) >= 11 is 0. The predicted molar refractivity (Wildman–Crippen MR) is 125 cm³/mol. The van der Waals surface area contributed by atoms with Gasteiger partial charge >= 0.3 is 0 Å². The molecule has 0 spiro atoms. The fourth-order valence-electron chi connectivity index (χ4n) is 4.12. The number of fused-ring (bicyclic) bond motifs is 1. The van der Waals surface area contributed by atoms with E-state index in [9.17, 15) is 9.18 Å². The summed E-state index contributed by atoms with van der Waals surface area (Å²) < 4.78 is 18.9. The molecular formula is C25H24FN5O2. The molecule has 168 valence electrons. The molecule has 0 radical (unpaired) electrons. The number of aromatic amines is 1. The Bertz CT molecular complexity index is 1280. The Morgan fingerprint density at radius 2 is 1.85 bits per heavy atom. The second-order valence-electron chi connectivity index (χ2n) is 8.16. The van der Waals surface area contributed by atoms with Crippen molar-refractivity contribution in [1.82, 2.24) is 19.9 Å². The summed E-state index contributed by atoms with van der Waals surface area (Å²) in [6.07, 6.45) is 3.54. The summed E-state index contributed by atoms with van der Waals surface area (Å²) in [4.78, 5) is 29.3. The van der Waals surface area contributed by atoms with Crippen LogP contribution >= 0.6 is 0 Å². The van der Waals surface area contributed by atoms with Gasteiger partial charge in [-0.15, -0.1) is 0 Å². The van der Waals surface area contributed by atoms with Crippen LogP contribution in [0.4, 0.5) is 10.2 Å². The Kier molecular flexibility index (Phi) is 5.75. The number of aromatic nitrogens is 3. The first-order valence-corrected chi connectivity index (χ1v) is 10.9. The lowest BCUT2D eigenvalue weighted by Gasteiger charge is -2.35. The van der Waals surface area contributed by atoms with E-state index in [4.69, 9.17) is 4.74 Å². The van der Waals surface area contributed by atoms with Gasteiger partial charge in [0.2, 0.25) is 0 Å². The van der Waals surface area contributed by atoms with Crippen molar-refractivity contribution >= 4 is 22.6 Å². The molecule has 2 aromatic carbocycles. The van der Waals surface area contributed by atoms with Crippen LogP contribution in [0.25, 0.3) is 11.0 Å². The van der Waals surface area contributed by atoms with Crippen molar-refractivity contribution in [2.24, 2.45) is 0 Å². The maximum atomic E-state index is 13.1. The lowest BCUT2D eigenvalue weighted by Crippen LogP contribution is -2.48. The number of carbonyl (C=O) groups excluding carboxylic acids is 1. The van der Waals surface area contributed by atoms with Crippen LogP contribution in [0.1, 0.15) is 15.9 Å². The minimum absolute atomic E-state index is 0.0407. The van der Waals surface area contributed by atoms with E-state index in [-0.39, 0.29) is 11.6 Å². The van der Waals surface area contributed by atoms with Crippen LogP contribution in [0.3, 0.4) is 0 Å². The summed E-state index contributed by atoms with van der Waals surface area (Å²) in [6, 6.07) is 12.9. The quantitative estimate of drug-likeness (QED) is 0.449. The van der Waals surface area contributed by atoms with Crippen molar-refractivity contribution in [1.29, 1.82) is 0 Å². The molecule has 0 atom stereocenters. The van der Waals surface area contributed by atoms with Crippen molar-refractivity contribution in [2.75, 3.05) is 37.6 Å². The number of H-pyrrole nitrogens is 1. The van der Waals surface area contributed by atoms with E-state index >= 15 is 0 Å². The SMILES string of the molecule is Cc1c[nH]c2ncnc(N3CCN(CC(=O)c4cccc(Oc5ccc(F)cc5)c4)CC3)c12. The molecule has 8 heteroatoms. The van der Waals surface area contributed by atoms with Gasteiger partial charge in [0, 0.05) is 37.9 Å². The number of rotatable bonds is 6. The third-order valence-electron chi connectivity index (χ3n) is 5.89. The van der Waals surface area contributed by atoms with Gasteiger partial charge in [0.05, 0.1) is 11.9 Å². The van der Waals surface area contributed by atoms with E-state index in [0.717, 1.165) is 48.6 Å². The second-order valence-corrected chi connectivity index (χ2v) is 8.16. The van der Waals surface area contributed by atoms with E-state index in [0.29, 0.717) is 23.6 Å². The van der Waals surface area contributed by atoms with Crippen molar-refractivity contribution in [3.05, 3.63) is 78.0 Å². The highest BCUT2D eigenvalue weighted by atomic mass is 19.1. The van der Waals surface area contributed by atoms with Crippen LogP contribution in [0.15, 0.2) is 61.1 Å². The third kappa shape index (κ3) is 4.56. The third-order valence-corrected chi connectivity index (χ3v) is 5.89. The Morgan fingerprint density at radius 3 is 2.64 bits per heavy atom. The molecule has 1 fully saturated rings. The molecule has 1 aliphatic rings. The lowest BCUT2D eigenvalue weighted by atomic mass is 10.1. The number of halogens is 1. The zero-order valence-corrected chi connectivity index (χ0v) is 18.3. The summed E-state index contributed by atoms with van der Waals surface area (Å²) in [5, 5.41) is 1.06. The first kappa shape index (κ1) is 21.1. The molecule has 4 aromatic rings. The Morgan fingerprint density at radius 1 is 1.06 bits per heavy atom. The van der Waals surface area contributed by atoms with Crippen LogP contribution in [0, 0.1) is 12.7 Å². The molecule has 1 aliphatic heterocycles. The highest BCUT2D eigenvalue weighted by Gasteiger charge is 2.23. The predicted octanol–water partition coefficient (Wildman–Crippen LogP) is 4.20. The maximum absolute atomic E-state index is 13.1. The van der Waals surface area contributed by atoms with E-state index in [1.165, 1.54) is 12.1 Å². The topological polar surface area (TPSA) is 74.4 Å². The van der Waals surface area contributed by atoms with Gasteiger partial charge in [-0.1, -0.05) is 12.1 Å². The van der Waals surface area contributed by atoms with Crippen LogP contribution in [0.2, 0.25) is 0 Å². The second kappa shape index (κ2) is 8.99. The van der Waals surface area contributed by atoms with Gasteiger partial charge in [-0.2, -0.15) is 0 Å². The van der Waals surface area contributed by atoms with Gasteiger partial charge in [0.25, 0.3) is 0 Å². The first-order chi connectivity index (χ1) is 16.1. The average molecular weight is 445 g/mol. The normalized spacial score (nSPS) is 14.5. The molecule has 1 N–H and O–H groups in total.